The number of azo groups is 2. The number of phenols is 2. The maximum atomic E-state index is 12.2. The Bertz CT molecular complexity index is 2720. The Kier molecular flexibility index (Phi) is 9.41. The fourth-order valence-corrected chi connectivity index (χ4v) is 7.24. The Morgan fingerprint density at radius 1 is 0.538 bits per heavy atom. The van der Waals surface area contributed by atoms with E-state index in [1.807, 2.05) is 26.0 Å². The SMILES string of the molecule is CCc1cc(/N=N/c2c(S(=O)(=O)O)cc3cc(N)ccc3c2O)ccc1-c1ccc(/N=N/c2c(S(=O)(=O)O)cc3ccc(N)cc3c2O)cc1CC. The number of anilines is 2. The van der Waals surface area contributed by atoms with Crippen LogP contribution in [0.1, 0.15) is 25.0 Å². The average Bonchev–Trinajstić information content (AvgIpc) is 3.09. The minimum absolute atomic E-state index is 0.236. The Hall–Kier alpha value is -5.94. The van der Waals surface area contributed by atoms with E-state index in [4.69, 9.17) is 11.5 Å². The van der Waals surface area contributed by atoms with Crippen LogP contribution in [0.25, 0.3) is 32.7 Å². The molecular weight excluding hydrogens is 709 g/mol. The molecule has 6 aromatic carbocycles. The molecule has 0 aromatic heterocycles. The van der Waals surface area contributed by atoms with Crippen molar-refractivity contribution < 1.29 is 36.2 Å². The molecule has 14 nitrogen and oxygen atoms in total. The molecule has 52 heavy (non-hydrogen) atoms. The number of nitrogens with zero attached hydrogens (tertiary/aromatic N) is 4. The van der Waals surface area contributed by atoms with Gasteiger partial charge in [0.1, 0.15) is 21.2 Å². The van der Waals surface area contributed by atoms with Gasteiger partial charge in [0.25, 0.3) is 20.2 Å². The molecule has 0 aliphatic carbocycles. The van der Waals surface area contributed by atoms with E-state index in [-0.39, 0.29) is 10.8 Å². The van der Waals surface area contributed by atoms with Crippen molar-refractivity contribution in [3.63, 3.8) is 0 Å². The van der Waals surface area contributed by atoms with Gasteiger partial charge in [0.15, 0.2) is 11.5 Å². The van der Waals surface area contributed by atoms with E-state index >= 15 is 0 Å². The van der Waals surface area contributed by atoms with Gasteiger partial charge >= 0.3 is 0 Å². The summed E-state index contributed by atoms with van der Waals surface area (Å²) in [5, 5.41) is 39.4. The van der Waals surface area contributed by atoms with Crippen LogP contribution in [-0.2, 0) is 33.1 Å². The lowest BCUT2D eigenvalue weighted by molar-refractivity contribution is 0.472. The number of benzene rings is 6. The van der Waals surface area contributed by atoms with Crippen molar-refractivity contribution in [2.24, 2.45) is 20.5 Å². The van der Waals surface area contributed by atoms with E-state index in [2.05, 4.69) is 20.5 Å². The van der Waals surface area contributed by atoms with Gasteiger partial charge < -0.3 is 21.7 Å². The highest BCUT2D eigenvalue weighted by Gasteiger charge is 2.24. The van der Waals surface area contributed by atoms with Crippen molar-refractivity contribution in [2.45, 2.75) is 36.5 Å². The lowest BCUT2D eigenvalue weighted by atomic mass is 9.92. The van der Waals surface area contributed by atoms with Gasteiger partial charge in [-0.3, -0.25) is 9.11 Å². The van der Waals surface area contributed by atoms with E-state index in [1.54, 1.807) is 24.3 Å². The lowest BCUT2D eigenvalue weighted by Gasteiger charge is -2.14. The van der Waals surface area contributed by atoms with Gasteiger partial charge in [-0.25, -0.2) is 0 Å². The summed E-state index contributed by atoms with van der Waals surface area (Å²) >= 11 is 0. The minimum atomic E-state index is -4.80. The van der Waals surface area contributed by atoms with E-state index < -0.39 is 52.9 Å². The molecule has 0 aliphatic rings. The minimum Gasteiger partial charge on any atom is -0.505 e. The second-order valence-corrected chi connectivity index (χ2v) is 14.6. The third-order valence-corrected chi connectivity index (χ3v) is 10.2. The Balaban J connectivity index is 1.36. The number of aromatic hydroxyl groups is 2. The zero-order chi connectivity index (χ0) is 37.5. The summed E-state index contributed by atoms with van der Waals surface area (Å²) in [6.07, 6.45) is 1.15. The maximum absolute atomic E-state index is 12.2. The monoisotopic (exact) mass is 740 g/mol. The number of nitrogen functional groups attached to an aromatic ring is 2. The van der Waals surface area contributed by atoms with Crippen molar-refractivity contribution in [2.75, 3.05) is 11.5 Å². The van der Waals surface area contributed by atoms with Gasteiger partial charge in [0.05, 0.1) is 11.4 Å². The van der Waals surface area contributed by atoms with Crippen LogP contribution >= 0.6 is 0 Å². The van der Waals surface area contributed by atoms with Gasteiger partial charge in [0.2, 0.25) is 0 Å². The van der Waals surface area contributed by atoms with Crippen LogP contribution in [0.4, 0.5) is 34.1 Å². The van der Waals surface area contributed by atoms with Crippen molar-refractivity contribution in [3.8, 4) is 22.6 Å². The second kappa shape index (κ2) is 13.6. The summed E-state index contributed by atoms with van der Waals surface area (Å²) in [7, 11) is -9.58. The van der Waals surface area contributed by atoms with E-state index in [9.17, 15) is 36.2 Å². The molecule has 0 saturated heterocycles. The molecule has 0 unspecified atom stereocenters. The van der Waals surface area contributed by atoms with Crippen molar-refractivity contribution >= 4 is 75.9 Å². The highest BCUT2D eigenvalue weighted by Crippen LogP contribution is 2.44. The molecule has 16 heteroatoms. The zero-order valence-electron chi connectivity index (χ0n) is 27.7. The number of fused-ring (bicyclic) bond motifs is 2. The quantitative estimate of drug-likeness (QED) is 0.0467. The molecule has 0 atom stereocenters. The molecule has 0 bridgehead atoms. The second-order valence-electron chi connectivity index (χ2n) is 11.8. The first kappa shape index (κ1) is 35.9. The van der Waals surface area contributed by atoms with Crippen molar-refractivity contribution in [1.29, 1.82) is 0 Å². The normalized spacial score (nSPS) is 12.5. The maximum Gasteiger partial charge on any atom is 0.296 e. The van der Waals surface area contributed by atoms with Gasteiger partial charge in [-0.2, -0.15) is 27.1 Å². The number of hydrogen-bond donors (Lipinski definition) is 6. The first-order valence-electron chi connectivity index (χ1n) is 15.7. The summed E-state index contributed by atoms with van der Waals surface area (Å²) in [6, 6.07) is 21.9. The average molecular weight is 741 g/mol. The molecule has 0 spiro atoms. The van der Waals surface area contributed by atoms with Crippen LogP contribution < -0.4 is 11.5 Å². The molecule has 0 fully saturated rings. The molecular formula is C36H32N6O8S2. The molecule has 0 aliphatic heterocycles. The highest BCUT2D eigenvalue weighted by atomic mass is 32.2. The number of rotatable bonds is 9. The summed E-state index contributed by atoms with van der Waals surface area (Å²) in [6.45, 7) is 3.89. The topological polar surface area (TPSA) is 251 Å². The molecule has 266 valence electrons. The molecule has 0 saturated carbocycles. The summed E-state index contributed by atoms with van der Waals surface area (Å²) in [4.78, 5) is -1.24. The van der Waals surface area contributed by atoms with Gasteiger partial charge in [-0.05, 0) is 113 Å². The summed E-state index contributed by atoms with van der Waals surface area (Å²) in [5.74, 6) is -0.991. The number of aryl methyl sites for hydroxylation is 2. The Morgan fingerprint density at radius 2 is 1.00 bits per heavy atom. The lowest BCUT2D eigenvalue weighted by Crippen LogP contribution is -1.99. The van der Waals surface area contributed by atoms with Crippen LogP contribution in [0.3, 0.4) is 0 Å². The largest absolute Gasteiger partial charge is 0.505 e. The van der Waals surface area contributed by atoms with Crippen LogP contribution in [0.2, 0.25) is 0 Å². The fraction of sp³-hybridized carbons (Fsp3) is 0.111. The predicted octanol–water partition coefficient (Wildman–Crippen LogP) is 8.68. The standard InChI is InChI=1S/C36H32N6O8S2/c1-3-19-14-25(39-41-33-32(52(48,49)50)17-22-13-23(37)7-10-29(22)35(33)43)8-11-27(19)28-12-9-26(15-20(28)4-2)40-42-34-31(51(45,46)47)16-21-5-6-24(38)18-30(21)36(34)44/h5-18,43-44H,3-4,37-38H2,1-2H3,(H,45,46,47)(H,48,49,50)/b41-39+,42-40+. The Labute approximate surface area is 298 Å². The van der Waals surface area contributed by atoms with Gasteiger partial charge in [-0.1, -0.05) is 32.0 Å². The summed E-state index contributed by atoms with van der Waals surface area (Å²) in [5.41, 5.74) is 15.6. The smallest absolute Gasteiger partial charge is 0.296 e. The highest BCUT2D eigenvalue weighted by molar-refractivity contribution is 7.86. The van der Waals surface area contributed by atoms with Crippen LogP contribution in [-0.4, -0.2) is 36.2 Å². The number of nitrogens with two attached hydrogens (primary N) is 2. The fourth-order valence-electron chi connectivity index (χ4n) is 5.93. The van der Waals surface area contributed by atoms with E-state index in [0.717, 1.165) is 22.3 Å². The Morgan fingerprint density at radius 3 is 1.50 bits per heavy atom. The molecule has 8 N–H and O–H groups in total. The molecule has 6 rings (SSSR count). The van der Waals surface area contributed by atoms with Crippen molar-refractivity contribution in [3.05, 3.63) is 96.1 Å². The van der Waals surface area contributed by atoms with Gasteiger partial charge in [0, 0.05) is 22.1 Å². The summed E-state index contributed by atoms with van der Waals surface area (Å²) < 4.78 is 68.6. The van der Waals surface area contributed by atoms with Crippen LogP contribution in [0, 0.1) is 0 Å². The van der Waals surface area contributed by atoms with E-state index in [1.165, 1.54) is 48.5 Å². The third kappa shape index (κ3) is 7.00. The molecule has 0 heterocycles. The van der Waals surface area contributed by atoms with Crippen LogP contribution in [0.5, 0.6) is 11.5 Å². The molecule has 0 amide bonds. The predicted molar refractivity (Wildman–Crippen MR) is 199 cm³/mol. The van der Waals surface area contributed by atoms with Crippen molar-refractivity contribution in [1.82, 2.24) is 0 Å². The van der Waals surface area contributed by atoms with E-state index in [0.29, 0.717) is 46.4 Å². The molecule has 6 aromatic rings. The first-order chi connectivity index (χ1) is 24.6. The van der Waals surface area contributed by atoms with Crippen LogP contribution in [0.15, 0.2) is 115 Å². The van der Waals surface area contributed by atoms with Gasteiger partial charge in [-0.15, -0.1) is 10.2 Å². The number of hydrogen-bond acceptors (Lipinski definition) is 12. The number of phenolic OH excluding ortho intramolecular Hbond substituents is 2. The zero-order valence-corrected chi connectivity index (χ0v) is 29.3. The third-order valence-electron chi connectivity index (χ3n) is 8.47. The molecule has 0 radical (unpaired) electrons. The first-order valence-corrected chi connectivity index (χ1v) is 18.6.